The van der Waals surface area contributed by atoms with Crippen molar-refractivity contribution in [3.05, 3.63) is 27.9 Å². The number of piperidine rings is 3. The Morgan fingerprint density at radius 1 is 1.47 bits per heavy atom. The number of pyridine rings is 1. The third-order valence-electron chi connectivity index (χ3n) is 4.25. The van der Waals surface area contributed by atoms with Crippen LogP contribution in [-0.2, 0) is 0 Å². The van der Waals surface area contributed by atoms with Gasteiger partial charge < -0.3 is 10.2 Å². The van der Waals surface area contributed by atoms with E-state index in [0.717, 1.165) is 17.9 Å². The minimum absolute atomic E-state index is 0.0527. The van der Waals surface area contributed by atoms with Crippen molar-refractivity contribution in [2.45, 2.75) is 25.8 Å². The van der Waals surface area contributed by atoms with Crippen LogP contribution in [0.1, 0.15) is 18.4 Å². The molecule has 1 aromatic rings. The van der Waals surface area contributed by atoms with Crippen molar-refractivity contribution in [2.75, 3.05) is 25.0 Å². The van der Waals surface area contributed by atoms with E-state index in [4.69, 9.17) is 0 Å². The summed E-state index contributed by atoms with van der Waals surface area (Å²) in [4.78, 5) is 17.0. The van der Waals surface area contributed by atoms with Gasteiger partial charge in [0, 0.05) is 18.7 Å². The van der Waals surface area contributed by atoms with E-state index in [-0.39, 0.29) is 5.69 Å². The van der Waals surface area contributed by atoms with Gasteiger partial charge in [-0.3, -0.25) is 10.1 Å². The Bertz CT molecular complexity index is 497. The molecule has 2 bridgehead atoms. The summed E-state index contributed by atoms with van der Waals surface area (Å²) in [5.74, 6) is 1.49. The molecule has 1 aromatic heterocycles. The van der Waals surface area contributed by atoms with Crippen LogP contribution in [0, 0.1) is 23.0 Å². The number of aromatic nitrogens is 1. The molecule has 102 valence electrons. The Balaban J connectivity index is 1.75. The second-order valence-electron chi connectivity index (χ2n) is 5.51. The molecule has 3 aliphatic heterocycles. The number of anilines is 1. The molecule has 3 saturated heterocycles. The van der Waals surface area contributed by atoms with Crippen LogP contribution in [0.4, 0.5) is 11.5 Å². The van der Waals surface area contributed by atoms with Gasteiger partial charge in [0.1, 0.15) is 12.0 Å². The SMILES string of the molecule is Cc1cc([N+](=O)[O-])cnc1NC1CN2CCC1CC2. The first-order valence-electron chi connectivity index (χ1n) is 6.73. The van der Waals surface area contributed by atoms with Gasteiger partial charge in [-0.05, 0) is 44.3 Å². The highest BCUT2D eigenvalue weighted by atomic mass is 16.6. The van der Waals surface area contributed by atoms with Crippen LogP contribution in [0.15, 0.2) is 12.3 Å². The predicted octanol–water partition coefficient (Wildman–Crippen LogP) is 1.80. The van der Waals surface area contributed by atoms with Gasteiger partial charge in [0.25, 0.3) is 5.69 Å². The van der Waals surface area contributed by atoms with E-state index in [1.54, 1.807) is 6.07 Å². The van der Waals surface area contributed by atoms with Gasteiger partial charge in [-0.25, -0.2) is 4.98 Å². The largest absolute Gasteiger partial charge is 0.366 e. The van der Waals surface area contributed by atoms with Crippen molar-refractivity contribution in [3.63, 3.8) is 0 Å². The number of nitrogens with zero attached hydrogens (tertiary/aromatic N) is 3. The van der Waals surface area contributed by atoms with Crippen molar-refractivity contribution >= 4 is 11.5 Å². The monoisotopic (exact) mass is 262 g/mol. The lowest BCUT2D eigenvalue weighted by atomic mass is 9.84. The Morgan fingerprint density at radius 2 is 2.21 bits per heavy atom. The maximum Gasteiger partial charge on any atom is 0.287 e. The van der Waals surface area contributed by atoms with Crippen LogP contribution in [0.25, 0.3) is 0 Å². The van der Waals surface area contributed by atoms with E-state index in [2.05, 4.69) is 15.2 Å². The van der Waals surface area contributed by atoms with E-state index in [9.17, 15) is 10.1 Å². The molecule has 0 spiro atoms. The van der Waals surface area contributed by atoms with Gasteiger partial charge in [0.2, 0.25) is 0 Å². The van der Waals surface area contributed by atoms with E-state index in [0.29, 0.717) is 12.0 Å². The first-order valence-corrected chi connectivity index (χ1v) is 6.73. The van der Waals surface area contributed by atoms with Gasteiger partial charge >= 0.3 is 0 Å². The van der Waals surface area contributed by atoms with E-state index in [1.807, 2.05) is 6.92 Å². The first kappa shape index (κ1) is 12.3. The molecule has 4 heterocycles. The summed E-state index contributed by atoms with van der Waals surface area (Å²) < 4.78 is 0. The standard InChI is InChI=1S/C13H18N4O2/c1-9-6-11(17(18)19)7-14-13(9)15-12-8-16-4-2-10(12)3-5-16/h6-7,10,12H,2-5,8H2,1H3,(H,14,15). The molecule has 1 unspecified atom stereocenters. The maximum absolute atomic E-state index is 10.7. The van der Waals surface area contributed by atoms with Gasteiger partial charge in [0.15, 0.2) is 0 Å². The average molecular weight is 262 g/mol. The number of nitro groups is 1. The number of hydrogen-bond acceptors (Lipinski definition) is 5. The summed E-state index contributed by atoms with van der Waals surface area (Å²) in [6, 6.07) is 2.01. The first-order chi connectivity index (χ1) is 9.13. The molecule has 19 heavy (non-hydrogen) atoms. The fraction of sp³-hybridized carbons (Fsp3) is 0.615. The van der Waals surface area contributed by atoms with Crippen molar-refractivity contribution < 1.29 is 4.92 Å². The van der Waals surface area contributed by atoms with Crippen molar-refractivity contribution in [3.8, 4) is 0 Å². The number of nitrogens with one attached hydrogen (secondary N) is 1. The normalized spacial score (nSPS) is 29.2. The van der Waals surface area contributed by atoms with E-state index >= 15 is 0 Å². The van der Waals surface area contributed by atoms with Crippen molar-refractivity contribution in [1.29, 1.82) is 0 Å². The minimum atomic E-state index is -0.405. The van der Waals surface area contributed by atoms with Gasteiger partial charge in [0.05, 0.1) is 4.92 Å². The predicted molar refractivity (Wildman–Crippen MR) is 72.2 cm³/mol. The zero-order chi connectivity index (χ0) is 13.4. The lowest BCUT2D eigenvalue weighted by Gasteiger charge is -2.45. The van der Waals surface area contributed by atoms with Gasteiger partial charge in [-0.15, -0.1) is 0 Å². The Labute approximate surface area is 112 Å². The van der Waals surface area contributed by atoms with Crippen molar-refractivity contribution in [2.24, 2.45) is 5.92 Å². The summed E-state index contributed by atoms with van der Waals surface area (Å²) >= 11 is 0. The topological polar surface area (TPSA) is 71.3 Å². The lowest BCUT2D eigenvalue weighted by molar-refractivity contribution is -0.385. The molecule has 0 radical (unpaired) electrons. The molecule has 0 amide bonds. The highest BCUT2D eigenvalue weighted by Crippen LogP contribution is 2.30. The number of aryl methyl sites for hydroxylation is 1. The molecule has 1 N–H and O–H groups in total. The smallest absolute Gasteiger partial charge is 0.287 e. The molecule has 0 aromatic carbocycles. The Hall–Kier alpha value is -1.69. The highest BCUT2D eigenvalue weighted by Gasteiger charge is 2.34. The summed E-state index contributed by atoms with van der Waals surface area (Å²) in [7, 11) is 0. The molecule has 1 atom stereocenters. The number of hydrogen-bond donors (Lipinski definition) is 1. The van der Waals surface area contributed by atoms with Crippen LogP contribution in [-0.4, -0.2) is 40.5 Å². The number of fused-ring (bicyclic) bond motifs is 3. The van der Waals surface area contributed by atoms with Crippen LogP contribution in [0.2, 0.25) is 0 Å². The minimum Gasteiger partial charge on any atom is -0.366 e. The Morgan fingerprint density at radius 3 is 2.74 bits per heavy atom. The molecule has 6 heteroatoms. The fourth-order valence-electron chi connectivity index (χ4n) is 3.12. The summed E-state index contributed by atoms with van der Waals surface area (Å²) in [5, 5.41) is 14.2. The van der Waals surface area contributed by atoms with E-state index in [1.165, 1.54) is 32.1 Å². The third kappa shape index (κ3) is 2.40. The van der Waals surface area contributed by atoms with Crippen LogP contribution in [0.5, 0.6) is 0 Å². The second kappa shape index (κ2) is 4.77. The quantitative estimate of drug-likeness (QED) is 0.664. The molecule has 0 aliphatic carbocycles. The second-order valence-corrected chi connectivity index (χ2v) is 5.51. The van der Waals surface area contributed by atoms with Gasteiger partial charge in [-0.2, -0.15) is 0 Å². The third-order valence-corrected chi connectivity index (χ3v) is 4.25. The molecule has 3 aliphatic rings. The van der Waals surface area contributed by atoms with Crippen LogP contribution >= 0.6 is 0 Å². The number of rotatable bonds is 3. The zero-order valence-electron chi connectivity index (χ0n) is 11.0. The maximum atomic E-state index is 10.7. The molecule has 3 fully saturated rings. The zero-order valence-corrected chi connectivity index (χ0v) is 11.0. The molecular formula is C13H18N4O2. The lowest BCUT2D eigenvalue weighted by Crippen LogP contribution is -2.53. The summed E-state index contributed by atoms with van der Waals surface area (Å²) in [5.41, 5.74) is 0.891. The Kier molecular flexibility index (Phi) is 3.10. The van der Waals surface area contributed by atoms with Gasteiger partial charge in [-0.1, -0.05) is 0 Å². The molecular weight excluding hydrogens is 244 g/mol. The van der Waals surface area contributed by atoms with E-state index < -0.39 is 4.92 Å². The molecule has 0 saturated carbocycles. The fourth-order valence-corrected chi connectivity index (χ4v) is 3.12. The molecule has 4 rings (SSSR count). The summed E-state index contributed by atoms with van der Waals surface area (Å²) in [6.07, 6.45) is 3.81. The van der Waals surface area contributed by atoms with Crippen molar-refractivity contribution in [1.82, 2.24) is 9.88 Å². The summed E-state index contributed by atoms with van der Waals surface area (Å²) in [6.45, 7) is 5.33. The van der Waals surface area contributed by atoms with Crippen LogP contribution in [0.3, 0.4) is 0 Å². The molecule has 6 nitrogen and oxygen atoms in total. The van der Waals surface area contributed by atoms with Crippen LogP contribution < -0.4 is 5.32 Å². The highest BCUT2D eigenvalue weighted by molar-refractivity contribution is 5.49. The average Bonchev–Trinajstić information content (AvgIpc) is 2.42.